The van der Waals surface area contributed by atoms with E-state index in [9.17, 15) is 33.5 Å². The van der Waals surface area contributed by atoms with Crippen LogP contribution in [0.5, 0.6) is 0 Å². The highest BCUT2D eigenvalue weighted by atomic mass is 19.1. The van der Waals surface area contributed by atoms with Gasteiger partial charge in [0.05, 0.1) is 31.3 Å². The summed E-state index contributed by atoms with van der Waals surface area (Å²) in [6.07, 6.45) is 1.29. The van der Waals surface area contributed by atoms with Crippen molar-refractivity contribution in [3.8, 4) is 11.1 Å². The number of nitrogens with one attached hydrogen (secondary N) is 4. The van der Waals surface area contributed by atoms with Gasteiger partial charge in [0, 0.05) is 48.9 Å². The van der Waals surface area contributed by atoms with Gasteiger partial charge in [-0.05, 0) is 67.0 Å². The van der Waals surface area contributed by atoms with Gasteiger partial charge in [0.1, 0.15) is 17.7 Å². The molecule has 0 saturated heterocycles. The van der Waals surface area contributed by atoms with Crippen LogP contribution < -0.4 is 27.0 Å². The summed E-state index contributed by atoms with van der Waals surface area (Å²) in [6.45, 7) is 10.2. The van der Waals surface area contributed by atoms with Crippen molar-refractivity contribution in [2.75, 3.05) is 26.3 Å². The van der Waals surface area contributed by atoms with Gasteiger partial charge >= 0.3 is 11.9 Å². The summed E-state index contributed by atoms with van der Waals surface area (Å²) >= 11 is 0. The van der Waals surface area contributed by atoms with Gasteiger partial charge in [-0.3, -0.25) is 24.5 Å². The number of benzene rings is 2. The monoisotopic (exact) mass is 830 g/mol. The SMILES string of the molecule is CC(C)C[C@H](N[C@@H](CCN[C@@H](c1cc(-c2cc(F)ccc2F)cn1Cc1ccccc1)C(C)(C)C)C(=O)NCCC(=O)N[C@H](CCC(=O)O)C(=O)O)C(N)=O.OCCO. The number of carboxylic acids is 2. The smallest absolute Gasteiger partial charge is 0.326 e. The van der Waals surface area contributed by atoms with E-state index in [-0.39, 0.29) is 63.1 Å². The van der Waals surface area contributed by atoms with Crippen molar-refractivity contribution in [2.24, 2.45) is 17.1 Å². The normalized spacial score (nSPS) is 13.4. The molecule has 15 nitrogen and oxygen atoms in total. The molecular formula is C42H60F2N6O9. The number of aromatic nitrogens is 1. The standard InChI is InChI=1S/C40H54F2N6O7.C2H6O2/c1-24(2)19-32(37(43)52)46-30(38(53)45-18-16-34(49)47-31(39(54)55)13-14-35(50)51)15-17-44-36(40(3,4)5)33-20-26(28-21-27(41)11-12-29(28)42)23-48(33)22-25-9-7-6-8-10-25;3-1-2-4/h6-12,20-21,23-24,30-32,36,44,46H,13-19,22H2,1-5H3,(H2,43,52)(H,45,53)(H,47,49)(H,50,51)(H,54,55);3-4H,1-2H2/t30-,31+,32-,36-;/m0./s1. The molecule has 0 fully saturated rings. The maximum atomic E-state index is 15.0. The van der Waals surface area contributed by atoms with E-state index < -0.39 is 71.3 Å². The van der Waals surface area contributed by atoms with Crippen LogP contribution in [0, 0.1) is 23.0 Å². The average Bonchev–Trinajstić information content (AvgIpc) is 3.56. The number of carbonyl (C=O) groups excluding carboxylic acids is 3. The lowest BCUT2D eigenvalue weighted by atomic mass is 9.84. The number of halogens is 2. The van der Waals surface area contributed by atoms with E-state index in [0.29, 0.717) is 18.5 Å². The highest BCUT2D eigenvalue weighted by Gasteiger charge is 2.31. The highest BCUT2D eigenvalue weighted by molar-refractivity contribution is 5.86. The molecule has 59 heavy (non-hydrogen) atoms. The van der Waals surface area contributed by atoms with Gasteiger partial charge in [-0.2, -0.15) is 0 Å². The van der Waals surface area contributed by atoms with Crippen molar-refractivity contribution in [2.45, 2.75) is 97.4 Å². The fraction of sp³-hybridized carbons (Fsp3) is 0.500. The third kappa shape index (κ3) is 17.7. The fourth-order valence-corrected chi connectivity index (χ4v) is 6.27. The van der Waals surface area contributed by atoms with E-state index in [4.69, 9.17) is 21.1 Å². The fourth-order valence-electron chi connectivity index (χ4n) is 6.27. The molecule has 3 aromatic rings. The van der Waals surface area contributed by atoms with Crippen LogP contribution in [0.25, 0.3) is 11.1 Å². The zero-order valence-electron chi connectivity index (χ0n) is 34.3. The number of nitrogens with zero attached hydrogens (tertiary/aromatic N) is 1. The molecule has 0 aliphatic carbocycles. The van der Waals surface area contributed by atoms with Gasteiger partial charge in [-0.15, -0.1) is 0 Å². The number of rotatable bonds is 23. The second kappa shape index (κ2) is 24.6. The predicted octanol–water partition coefficient (Wildman–Crippen LogP) is 3.32. The van der Waals surface area contributed by atoms with E-state index >= 15 is 4.39 Å². The minimum Gasteiger partial charge on any atom is -0.481 e. The third-order valence-electron chi connectivity index (χ3n) is 9.11. The summed E-state index contributed by atoms with van der Waals surface area (Å²) in [5.74, 6) is -5.49. The highest BCUT2D eigenvalue weighted by Crippen LogP contribution is 2.37. The molecule has 17 heteroatoms. The molecule has 0 bridgehead atoms. The molecule has 326 valence electrons. The third-order valence-corrected chi connectivity index (χ3v) is 9.11. The van der Waals surface area contributed by atoms with Gasteiger partial charge < -0.3 is 46.7 Å². The summed E-state index contributed by atoms with van der Waals surface area (Å²) in [6, 6.07) is 11.3. The first-order valence-electron chi connectivity index (χ1n) is 19.5. The molecule has 0 aliphatic heterocycles. The molecule has 1 aromatic heterocycles. The second-order valence-electron chi connectivity index (χ2n) is 15.6. The molecule has 2 aromatic carbocycles. The van der Waals surface area contributed by atoms with E-state index in [1.54, 1.807) is 6.20 Å². The molecule has 0 spiro atoms. The maximum Gasteiger partial charge on any atom is 0.326 e. The predicted molar refractivity (Wildman–Crippen MR) is 218 cm³/mol. The molecule has 3 amide bonds. The largest absolute Gasteiger partial charge is 0.481 e. The molecule has 3 rings (SSSR count). The zero-order valence-corrected chi connectivity index (χ0v) is 34.3. The van der Waals surface area contributed by atoms with Crippen LogP contribution >= 0.6 is 0 Å². The topological polar surface area (TPSA) is 245 Å². The Labute approximate surface area is 343 Å². The van der Waals surface area contributed by atoms with Gasteiger partial charge in [0.15, 0.2) is 0 Å². The Kier molecular flexibility index (Phi) is 20.8. The first-order valence-corrected chi connectivity index (χ1v) is 19.5. The molecule has 0 radical (unpaired) electrons. The van der Waals surface area contributed by atoms with Crippen LogP contribution in [0.1, 0.15) is 84.0 Å². The van der Waals surface area contributed by atoms with Gasteiger partial charge in [0.2, 0.25) is 17.7 Å². The minimum absolute atomic E-state index is 0.0682. The molecule has 0 saturated carbocycles. The number of aliphatic carboxylic acids is 2. The minimum atomic E-state index is -1.40. The molecule has 4 atom stereocenters. The zero-order chi connectivity index (χ0) is 44.3. The number of primary amides is 1. The number of nitrogens with two attached hydrogens (primary N) is 1. The van der Waals surface area contributed by atoms with Gasteiger partial charge in [-0.1, -0.05) is 65.0 Å². The first-order chi connectivity index (χ1) is 27.8. The number of hydrogen-bond acceptors (Lipinski definition) is 9. The number of aliphatic hydroxyl groups is 2. The molecular weight excluding hydrogens is 770 g/mol. The Morgan fingerprint density at radius 3 is 2.07 bits per heavy atom. The van der Waals surface area contributed by atoms with Crippen molar-refractivity contribution in [1.82, 2.24) is 25.8 Å². The molecule has 1 heterocycles. The summed E-state index contributed by atoms with van der Waals surface area (Å²) in [5.41, 5.74) is 7.70. The van der Waals surface area contributed by atoms with Crippen LogP contribution in [0.4, 0.5) is 8.78 Å². The van der Waals surface area contributed by atoms with Gasteiger partial charge in [-0.25, -0.2) is 13.6 Å². The Balaban J connectivity index is 0.00000286. The van der Waals surface area contributed by atoms with E-state index in [1.165, 1.54) is 0 Å². The Morgan fingerprint density at radius 2 is 1.51 bits per heavy atom. The Bertz CT molecular complexity index is 1820. The van der Waals surface area contributed by atoms with Crippen molar-refractivity contribution in [3.05, 3.63) is 83.7 Å². The lowest BCUT2D eigenvalue weighted by Gasteiger charge is -2.33. The summed E-state index contributed by atoms with van der Waals surface area (Å²) < 4.78 is 31.3. The summed E-state index contributed by atoms with van der Waals surface area (Å²) in [7, 11) is 0. The van der Waals surface area contributed by atoms with Crippen LogP contribution in [-0.2, 0) is 30.5 Å². The number of aliphatic hydroxyl groups excluding tert-OH is 2. The van der Waals surface area contributed by atoms with Crippen molar-refractivity contribution in [1.29, 1.82) is 0 Å². The quantitative estimate of drug-likeness (QED) is 0.0671. The average molecular weight is 831 g/mol. The maximum absolute atomic E-state index is 15.0. The lowest BCUT2D eigenvalue weighted by molar-refractivity contribution is -0.143. The number of carbonyl (C=O) groups is 5. The Hall–Kier alpha value is -5.23. The van der Waals surface area contributed by atoms with Crippen LogP contribution in [0.15, 0.2) is 60.8 Å². The van der Waals surface area contributed by atoms with Crippen molar-refractivity contribution < 1.29 is 53.2 Å². The van der Waals surface area contributed by atoms with E-state index in [0.717, 1.165) is 29.5 Å². The van der Waals surface area contributed by atoms with E-state index in [2.05, 4.69) is 21.3 Å². The molecule has 0 unspecified atom stereocenters. The number of carboxylic acid groups (broad SMARTS) is 2. The lowest BCUT2D eigenvalue weighted by Crippen LogP contribution is -2.54. The Morgan fingerprint density at radius 1 is 0.847 bits per heavy atom. The summed E-state index contributed by atoms with van der Waals surface area (Å²) in [4.78, 5) is 60.9. The van der Waals surface area contributed by atoms with Crippen molar-refractivity contribution >= 4 is 29.7 Å². The van der Waals surface area contributed by atoms with E-state index in [1.807, 2.05) is 75.6 Å². The first kappa shape index (κ1) is 49.9. The van der Waals surface area contributed by atoms with Crippen molar-refractivity contribution in [3.63, 3.8) is 0 Å². The second-order valence-corrected chi connectivity index (χ2v) is 15.6. The van der Waals surface area contributed by atoms with Gasteiger partial charge in [0.25, 0.3) is 0 Å². The number of hydrogen-bond donors (Lipinski definition) is 9. The van der Waals surface area contributed by atoms with Crippen LogP contribution in [-0.4, -0.2) is 99.1 Å². The molecule has 10 N–H and O–H groups in total. The van der Waals surface area contributed by atoms with Crippen LogP contribution in [0.2, 0.25) is 0 Å². The summed E-state index contributed by atoms with van der Waals surface area (Å²) in [5, 5.41) is 45.1. The van der Waals surface area contributed by atoms with Crippen LogP contribution in [0.3, 0.4) is 0 Å². The molecule has 0 aliphatic rings. The number of amides is 3.